The highest BCUT2D eigenvalue weighted by Gasteiger charge is 2.14. The molecule has 7 nitrogen and oxygen atoms in total. The smallest absolute Gasteiger partial charge is 0.242 e. The average molecular weight is 286 g/mol. The number of carbonyl (C=O) groups excluding carboxylic acids is 1. The Hall–Kier alpha value is -1.51. The summed E-state index contributed by atoms with van der Waals surface area (Å²) in [5.74, 6) is -0.419. The van der Waals surface area contributed by atoms with Crippen LogP contribution in [-0.2, 0) is 14.8 Å². The Labute approximate surface area is 111 Å². The number of rotatable bonds is 8. The molecule has 0 saturated heterocycles. The van der Waals surface area contributed by atoms with Crippen molar-refractivity contribution in [3.63, 3.8) is 0 Å². The Morgan fingerprint density at radius 1 is 1.47 bits per heavy atom. The maximum atomic E-state index is 11.8. The first-order chi connectivity index (χ1) is 8.95. The van der Waals surface area contributed by atoms with Crippen LogP contribution in [0.15, 0.2) is 23.4 Å². The summed E-state index contributed by atoms with van der Waals surface area (Å²) in [5.41, 5.74) is 5.60. The number of nitrogens with two attached hydrogens (primary N) is 1. The molecule has 8 heteroatoms. The zero-order valence-electron chi connectivity index (χ0n) is 10.2. The molecule has 1 aromatic heterocycles. The second kappa shape index (κ2) is 7.17. The van der Waals surface area contributed by atoms with Crippen LogP contribution >= 0.6 is 0 Å². The molecule has 0 spiro atoms. The molecule has 0 aromatic carbocycles. The van der Waals surface area contributed by atoms with E-state index in [1.807, 2.05) is 0 Å². The van der Waals surface area contributed by atoms with Gasteiger partial charge in [-0.2, -0.15) is 0 Å². The molecular formula is C11H16N3O4S. The number of nitrogens with zero attached hydrogens (tertiary/aromatic N) is 1. The van der Waals surface area contributed by atoms with Crippen molar-refractivity contribution in [2.45, 2.75) is 17.7 Å². The minimum absolute atomic E-state index is 0.00813. The van der Waals surface area contributed by atoms with Gasteiger partial charge < -0.3 is 10.8 Å². The van der Waals surface area contributed by atoms with Gasteiger partial charge in [0.05, 0.1) is 6.61 Å². The van der Waals surface area contributed by atoms with Crippen molar-refractivity contribution in [2.75, 3.05) is 13.2 Å². The third kappa shape index (κ3) is 5.33. The summed E-state index contributed by atoms with van der Waals surface area (Å²) in [6, 6.07) is 1.44. The van der Waals surface area contributed by atoms with Gasteiger partial charge in [0.1, 0.15) is 4.90 Å². The molecule has 0 aliphatic carbocycles. The van der Waals surface area contributed by atoms with Crippen molar-refractivity contribution in [3.8, 4) is 0 Å². The van der Waals surface area contributed by atoms with Crippen molar-refractivity contribution in [1.82, 2.24) is 9.71 Å². The molecule has 0 aliphatic heterocycles. The number of primary amides is 1. The van der Waals surface area contributed by atoms with E-state index in [0.717, 1.165) is 0 Å². The van der Waals surface area contributed by atoms with Crippen LogP contribution in [0.1, 0.15) is 18.4 Å². The van der Waals surface area contributed by atoms with Gasteiger partial charge >= 0.3 is 0 Å². The van der Waals surface area contributed by atoms with E-state index in [4.69, 9.17) is 10.8 Å². The number of nitrogens with one attached hydrogen (secondary N) is 1. The predicted molar refractivity (Wildman–Crippen MR) is 68.3 cm³/mol. The lowest BCUT2D eigenvalue weighted by Crippen LogP contribution is -2.26. The molecule has 1 rings (SSSR count). The fraction of sp³-hybridized carbons (Fsp3) is 0.364. The van der Waals surface area contributed by atoms with Crippen LogP contribution in [0.2, 0.25) is 0 Å². The molecule has 19 heavy (non-hydrogen) atoms. The molecule has 1 aromatic rings. The second-order valence-electron chi connectivity index (χ2n) is 3.78. The topological polar surface area (TPSA) is 122 Å². The minimum Gasteiger partial charge on any atom is -0.395 e. The fourth-order valence-corrected chi connectivity index (χ4v) is 2.36. The number of amides is 1. The van der Waals surface area contributed by atoms with Crippen molar-refractivity contribution in [2.24, 2.45) is 5.73 Å². The SMILES string of the molecule is NC(=O)CC[CH]c1cncc(S(=O)(=O)NCCO)c1. The zero-order valence-corrected chi connectivity index (χ0v) is 11.1. The molecule has 1 amide bonds. The quantitative estimate of drug-likeness (QED) is 0.575. The highest BCUT2D eigenvalue weighted by Crippen LogP contribution is 2.12. The second-order valence-corrected chi connectivity index (χ2v) is 5.55. The zero-order chi connectivity index (χ0) is 14.3. The summed E-state index contributed by atoms with van der Waals surface area (Å²) in [6.45, 7) is -0.338. The number of hydrogen-bond donors (Lipinski definition) is 3. The molecule has 4 N–H and O–H groups in total. The number of hydrogen-bond acceptors (Lipinski definition) is 5. The summed E-state index contributed by atoms with van der Waals surface area (Å²) in [5, 5.41) is 8.61. The van der Waals surface area contributed by atoms with Gasteiger partial charge in [0.2, 0.25) is 15.9 Å². The van der Waals surface area contributed by atoms with Crippen LogP contribution in [0, 0.1) is 6.42 Å². The number of aliphatic hydroxyl groups is 1. The maximum Gasteiger partial charge on any atom is 0.242 e. The largest absolute Gasteiger partial charge is 0.395 e. The molecule has 0 saturated carbocycles. The van der Waals surface area contributed by atoms with Crippen LogP contribution in [0.25, 0.3) is 0 Å². The van der Waals surface area contributed by atoms with Gasteiger partial charge in [-0.1, -0.05) is 0 Å². The van der Waals surface area contributed by atoms with Crippen molar-refractivity contribution in [1.29, 1.82) is 0 Å². The number of aliphatic hydroxyl groups excluding tert-OH is 1. The monoisotopic (exact) mass is 286 g/mol. The van der Waals surface area contributed by atoms with Crippen molar-refractivity contribution >= 4 is 15.9 Å². The lowest BCUT2D eigenvalue weighted by atomic mass is 10.1. The summed E-state index contributed by atoms with van der Waals surface area (Å²) < 4.78 is 25.8. The standard InChI is InChI=1S/C11H16N3O4S/c12-11(16)3-1-2-9-6-10(8-13-7-9)19(17,18)14-4-5-15/h2,6-8,14-15H,1,3-5H2,(H2,12,16). The van der Waals surface area contributed by atoms with E-state index < -0.39 is 15.9 Å². The van der Waals surface area contributed by atoms with Crippen molar-refractivity contribution in [3.05, 3.63) is 30.4 Å². The lowest BCUT2D eigenvalue weighted by Gasteiger charge is -2.06. The van der Waals surface area contributed by atoms with E-state index in [-0.39, 0.29) is 24.5 Å². The third-order valence-corrected chi connectivity index (χ3v) is 3.65. The molecule has 105 valence electrons. The molecule has 0 fully saturated rings. The van der Waals surface area contributed by atoms with E-state index in [2.05, 4.69) is 9.71 Å². The predicted octanol–water partition coefficient (Wildman–Crippen LogP) is -0.830. The number of aromatic nitrogens is 1. The molecule has 1 heterocycles. The average Bonchev–Trinajstić information content (AvgIpc) is 2.36. The highest BCUT2D eigenvalue weighted by atomic mass is 32.2. The number of pyridine rings is 1. The summed E-state index contributed by atoms with van der Waals surface area (Å²) in [7, 11) is -3.67. The van der Waals surface area contributed by atoms with Gasteiger partial charge in [0, 0.05) is 25.4 Å². The molecule has 0 aliphatic rings. The fourth-order valence-electron chi connectivity index (χ4n) is 1.34. The lowest BCUT2D eigenvalue weighted by molar-refractivity contribution is -0.117. The van der Waals surface area contributed by atoms with Crippen LogP contribution in [0.5, 0.6) is 0 Å². The molecule has 0 bridgehead atoms. The van der Waals surface area contributed by atoms with Gasteiger partial charge in [-0.15, -0.1) is 0 Å². The van der Waals surface area contributed by atoms with Crippen LogP contribution in [0.4, 0.5) is 0 Å². The molecule has 0 atom stereocenters. The molecule has 1 radical (unpaired) electrons. The van der Waals surface area contributed by atoms with E-state index >= 15 is 0 Å². The Morgan fingerprint density at radius 3 is 2.84 bits per heavy atom. The minimum atomic E-state index is -3.67. The first-order valence-electron chi connectivity index (χ1n) is 5.63. The van der Waals surface area contributed by atoms with Crippen molar-refractivity contribution < 1.29 is 18.3 Å². The Balaban J connectivity index is 2.73. The summed E-state index contributed by atoms with van der Waals surface area (Å²) in [4.78, 5) is 14.4. The first kappa shape index (κ1) is 15.5. The van der Waals surface area contributed by atoms with Gasteiger partial charge in [-0.05, 0) is 24.5 Å². The third-order valence-electron chi connectivity index (χ3n) is 2.22. The van der Waals surface area contributed by atoms with Gasteiger partial charge in [-0.3, -0.25) is 9.78 Å². The molecule has 0 unspecified atom stereocenters. The Kier molecular flexibility index (Phi) is 5.87. The van der Waals surface area contributed by atoms with Crippen LogP contribution in [-0.4, -0.2) is 37.6 Å². The van der Waals surface area contributed by atoms with Gasteiger partial charge in [0.15, 0.2) is 0 Å². The van der Waals surface area contributed by atoms with Crippen LogP contribution < -0.4 is 10.5 Å². The Bertz CT molecular complexity index is 530. The number of sulfonamides is 1. The van der Waals surface area contributed by atoms with Crippen LogP contribution in [0.3, 0.4) is 0 Å². The first-order valence-corrected chi connectivity index (χ1v) is 7.11. The normalized spacial score (nSPS) is 11.4. The molecular weight excluding hydrogens is 270 g/mol. The highest BCUT2D eigenvalue weighted by molar-refractivity contribution is 7.89. The summed E-state index contributed by atoms with van der Waals surface area (Å²) in [6.07, 6.45) is 5.00. The van der Waals surface area contributed by atoms with E-state index in [0.29, 0.717) is 12.0 Å². The summed E-state index contributed by atoms with van der Waals surface area (Å²) >= 11 is 0. The van der Waals surface area contributed by atoms with Gasteiger partial charge in [0.25, 0.3) is 0 Å². The van der Waals surface area contributed by atoms with E-state index in [1.165, 1.54) is 18.5 Å². The van der Waals surface area contributed by atoms with E-state index in [9.17, 15) is 13.2 Å². The maximum absolute atomic E-state index is 11.8. The van der Waals surface area contributed by atoms with Gasteiger partial charge in [-0.25, -0.2) is 13.1 Å². The Morgan fingerprint density at radius 2 is 2.21 bits per heavy atom. The van der Waals surface area contributed by atoms with E-state index in [1.54, 1.807) is 6.42 Å². The number of carbonyl (C=O) groups is 1.